The van der Waals surface area contributed by atoms with E-state index in [9.17, 15) is 15.0 Å². The lowest BCUT2D eigenvalue weighted by atomic mass is 10.1. The third-order valence-electron chi connectivity index (χ3n) is 3.06. The second-order valence-corrected chi connectivity index (χ2v) is 5.42. The van der Waals surface area contributed by atoms with Crippen LogP contribution in [0.5, 0.6) is 5.75 Å². The van der Waals surface area contributed by atoms with Gasteiger partial charge >= 0.3 is 5.97 Å². The van der Waals surface area contributed by atoms with Crippen molar-refractivity contribution in [2.24, 2.45) is 0 Å². The Labute approximate surface area is 130 Å². The molecule has 0 amide bonds. The van der Waals surface area contributed by atoms with Gasteiger partial charge in [-0.15, -0.1) is 11.3 Å². The average Bonchev–Trinajstić information content (AvgIpc) is 2.98. The van der Waals surface area contributed by atoms with Gasteiger partial charge in [-0.05, 0) is 30.3 Å². The molecular formula is C16H12N2O3S. The van der Waals surface area contributed by atoms with Crippen LogP contribution in [-0.4, -0.2) is 21.2 Å². The molecule has 1 aromatic heterocycles. The molecule has 6 heteroatoms. The fourth-order valence-corrected chi connectivity index (χ4v) is 2.75. The largest absolute Gasteiger partial charge is 0.508 e. The minimum absolute atomic E-state index is 0.195. The van der Waals surface area contributed by atoms with Gasteiger partial charge in [-0.2, -0.15) is 0 Å². The molecule has 0 bridgehead atoms. The highest BCUT2D eigenvalue weighted by Crippen LogP contribution is 2.29. The van der Waals surface area contributed by atoms with Crippen LogP contribution in [0.4, 0.5) is 10.8 Å². The number of rotatable bonds is 4. The van der Waals surface area contributed by atoms with Crippen molar-refractivity contribution in [3.05, 3.63) is 59.5 Å². The number of carboxylic acids is 1. The Hall–Kier alpha value is -2.86. The third-order valence-corrected chi connectivity index (χ3v) is 3.81. The zero-order chi connectivity index (χ0) is 15.5. The van der Waals surface area contributed by atoms with Crippen molar-refractivity contribution in [2.45, 2.75) is 0 Å². The molecule has 0 saturated carbocycles. The molecule has 0 unspecified atom stereocenters. The summed E-state index contributed by atoms with van der Waals surface area (Å²) in [6.07, 6.45) is 0. The Morgan fingerprint density at radius 2 is 1.82 bits per heavy atom. The van der Waals surface area contributed by atoms with E-state index in [2.05, 4.69) is 10.3 Å². The number of hydrogen-bond acceptors (Lipinski definition) is 5. The lowest BCUT2D eigenvalue weighted by Crippen LogP contribution is -1.99. The van der Waals surface area contributed by atoms with Crippen LogP contribution in [0.2, 0.25) is 0 Å². The lowest BCUT2D eigenvalue weighted by Gasteiger charge is -2.03. The maximum atomic E-state index is 11.3. The second-order valence-electron chi connectivity index (χ2n) is 4.56. The summed E-state index contributed by atoms with van der Waals surface area (Å²) in [6, 6.07) is 13.4. The van der Waals surface area contributed by atoms with E-state index in [-0.39, 0.29) is 11.3 Å². The Morgan fingerprint density at radius 3 is 2.55 bits per heavy atom. The van der Waals surface area contributed by atoms with E-state index >= 15 is 0 Å². The molecule has 3 rings (SSSR count). The first kappa shape index (κ1) is 14.1. The Morgan fingerprint density at radius 1 is 1.09 bits per heavy atom. The highest BCUT2D eigenvalue weighted by molar-refractivity contribution is 7.14. The number of anilines is 2. The zero-order valence-electron chi connectivity index (χ0n) is 11.4. The fourth-order valence-electron chi connectivity index (χ4n) is 2.02. The van der Waals surface area contributed by atoms with E-state index < -0.39 is 5.97 Å². The van der Waals surface area contributed by atoms with Gasteiger partial charge in [0.05, 0.1) is 11.3 Å². The summed E-state index contributed by atoms with van der Waals surface area (Å²) in [6.45, 7) is 0. The number of aromatic nitrogens is 1. The second kappa shape index (κ2) is 5.87. The van der Waals surface area contributed by atoms with Gasteiger partial charge in [-0.1, -0.05) is 18.2 Å². The summed E-state index contributed by atoms with van der Waals surface area (Å²) in [4.78, 5) is 15.7. The first-order valence-corrected chi connectivity index (χ1v) is 7.36. The summed E-state index contributed by atoms with van der Waals surface area (Å²) in [5.74, 6) is -0.780. The van der Waals surface area contributed by atoms with E-state index in [1.54, 1.807) is 48.5 Å². The van der Waals surface area contributed by atoms with Gasteiger partial charge in [0.2, 0.25) is 0 Å². The Bertz CT molecular complexity index is 812. The van der Waals surface area contributed by atoms with Gasteiger partial charge < -0.3 is 15.5 Å². The van der Waals surface area contributed by atoms with Crippen molar-refractivity contribution in [1.82, 2.24) is 4.98 Å². The molecule has 0 saturated heterocycles. The molecule has 3 aromatic rings. The highest BCUT2D eigenvalue weighted by Gasteiger charge is 2.13. The number of nitrogens with zero attached hydrogens (tertiary/aromatic N) is 1. The van der Waals surface area contributed by atoms with Crippen molar-refractivity contribution in [1.29, 1.82) is 0 Å². The van der Waals surface area contributed by atoms with Crippen LogP contribution in [0.3, 0.4) is 0 Å². The zero-order valence-corrected chi connectivity index (χ0v) is 12.2. The van der Waals surface area contributed by atoms with E-state index in [0.29, 0.717) is 16.4 Å². The SMILES string of the molecule is O=C(O)c1ccccc1-c1csc(Nc2ccc(O)cc2)n1. The van der Waals surface area contributed by atoms with Gasteiger partial charge in [0, 0.05) is 16.6 Å². The number of thiazole rings is 1. The van der Waals surface area contributed by atoms with Crippen molar-refractivity contribution >= 4 is 28.1 Å². The molecule has 0 fully saturated rings. The van der Waals surface area contributed by atoms with Crippen LogP contribution in [0.15, 0.2) is 53.9 Å². The van der Waals surface area contributed by atoms with Crippen LogP contribution in [0, 0.1) is 0 Å². The van der Waals surface area contributed by atoms with Gasteiger partial charge in [-0.3, -0.25) is 0 Å². The van der Waals surface area contributed by atoms with Gasteiger partial charge in [-0.25, -0.2) is 9.78 Å². The van der Waals surface area contributed by atoms with Gasteiger partial charge in [0.15, 0.2) is 5.13 Å². The number of nitrogens with one attached hydrogen (secondary N) is 1. The normalized spacial score (nSPS) is 10.4. The Kier molecular flexibility index (Phi) is 3.76. The molecule has 5 nitrogen and oxygen atoms in total. The number of hydrogen-bond donors (Lipinski definition) is 3. The predicted molar refractivity (Wildman–Crippen MR) is 85.9 cm³/mol. The quantitative estimate of drug-likeness (QED) is 0.635. The maximum Gasteiger partial charge on any atom is 0.336 e. The monoisotopic (exact) mass is 312 g/mol. The molecule has 22 heavy (non-hydrogen) atoms. The first-order chi connectivity index (χ1) is 10.6. The Balaban J connectivity index is 1.88. The number of carboxylic acid groups (broad SMARTS) is 1. The maximum absolute atomic E-state index is 11.3. The smallest absolute Gasteiger partial charge is 0.336 e. The van der Waals surface area contributed by atoms with Gasteiger partial charge in [0.25, 0.3) is 0 Å². The van der Waals surface area contributed by atoms with E-state index in [1.165, 1.54) is 11.3 Å². The van der Waals surface area contributed by atoms with Gasteiger partial charge in [0.1, 0.15) is 5.75 Å². The van der Waals surface area contributed by atoms with Crippen LogP contribution in [0.1, 0.15) is 10.4 Å². The summed E-state index contributed by atoms with van der Waals surface area (Å²) in [5.41, 5.74) is 2.23. The van der Waals surface area contributed by atoms with Crippen LogP contribution in [0.25, 0.3) is 11.3 Å². The summed E-state index contributed by atoms with van der Waals surface area (Å²) >= 11 is 1.39. The molecule has 0 aliphatic rings. The van der Waals surface area contributed by atoms with E-state index in [1.807, 2.05) is 5.38 Å². The van der Waals surface area contributed by atoms with E-state index in [0.717, 1.165) is 5.69 Å². The lowest BCUT2D eigenvalue weighted by molar-refractivity contribution is 0.0697. The van der Waals surface area contributed by atoms with Crippen LogP contribution in [-0.2, 0) is 0 Å². The first-order valence-electron chi connectivity index (χ1n) is 6.48. The number of aromatic hydroxyl groups is 1. The van der Waals surface area contributed by atoms with Crippen LogP contribution >= 0.6 is 11.3 Å². The summed E-state index contributed by atoms with van der Waals surface area (Å²) in [5, 5.41) is 24.1. The number of benzene rings is 2. The van der Waals surface area contributed by atoms with E-state index in [4.69, 9.17) is 0 Å². The van der Waals surface area contributed by atoms with Crippen LogP contribution < -0.4 is 5.32 Å². The standard InChI is InChI=1S/C16H12N2O3S/c19-11-7-5-10(6-8-11)17-16-18-14(9-22-16)12-3-1-2-4-13(12)15(20)21/h1-9,19H,(H,17,18)(H,20,21). The molecule has 0 radical (unpaired) electrons. The van der Waals surface area contributed by atoms with Crippen molar-refractivity contribution in [2.75, 3.05) is 5.32 Å². The number of phenolic OH excluding ortho intramolecular Hbond substituents is 1. The fraction of sp³-hybridized carbons (Fsp3) is 0. The molecule has 0 aliphatic heterocycles. The molecule has 3 N–H and O–H groups in total. The highest BCUT2D eigenvalue weighted by atomic mass is 32.1. The van der Waals surface area contributed by atoms with Crippen molar-refractivity contribution in [3.63, 3.8) is 0 Å². The molecule has 0 atom stereocenters. The minimum Gasteiger partial charge on any atom is -0.508 e. The summed E-state index contributed by atoms with van der Waals surface area (Å²) < 4.78 is 0. The molecule has 2 aromatic carbocycles. The third kappa shape index (κ3) is 2.91. The molecule has 1 heterocycles. The molecular weight excluding hydrogens is 300 g/mol. The molecule has 110 valence electrons. The number of aromatic carboxylic acids is 1. The van der Waals surface area contributed by atoms with Crippen molar-refractivity contribution < 1.29 is 15.0 Å². The summed E-state index contributed by atoms with van der Waals surface area (Å²) in [7, 11) is 0. The topological polar surface area (TPSA) is 82.5 Å². The number of carbonyl (C=O) groups is 1. The van der Waals surface area contributed by atoms with Crippen molar-refractivity contribution in [3.8, 4) is 17.0 Å². The average molecular weight is 312 g/mol. The molecule has 0 spiro atoms. The number of phenols is 1. The predicted octanol–water partition coefficient (Wildman–Crippen LogP) is 3.96. The molecule has 0 aliphatic carbocycles. The minimum atomic E-state index is -0.975.